The van der Waals surface area contributed by atoms with Gasteiger partial charge in [0.15, 0.2) is 0 Å². The minimum Gasteiger partial charge on any atom is -0.497 e. The molecule has 0 aliphatic carbocycles. The van der Waals surface area contributed by atoms with Crippen LogP contribution in [-0.2, 0) is 14.8 Å². The number of sulfonamides is 1. The number of hydrogen-bond acceptors (Lipinski definition) is 4. The lowest BCUT2D eigenvalue weighted by Gasteiger charge is -2.26. The molecule has 180 valence electrons. The van der Waals surface area contributed by atoms with E-state index in [0.717, 1.165) is 26.7 Å². The largest absolute Gasteiger partial charge is 0.497 e. The summed E-state index contributed by atoms with van der Waals surface area (Å²) in [6.45, 7) is 5.28. The van der Waals surface area contributed by atoms with E-state index in [0.29, 0.717) is 17.1 Å². The first-order valence-electron chi connectivity index (χ1n) is 10.9. The summed E-state index contributed by atoms with van der Waals surface area (Å²) < 4.78 is 33.4. The highest BCUT2D eigenvalue weighted by Crippen LogP contribution is 2.28. The Labute approximate surface area is 206 Å². The van der Waals surface area contributed by atoms with Crippen LogP contribution >= 0.6 is 11.6 Å². The second-order valence-electron chi connectivity index (χ2n) is 8.06. The quantitative estimate of drug-likeness (QED) is 0.425. The summed E-state index contributed by atoms with van der Waals surface area (Å²) in [4.78, 5) is 13.2. The van der Waals surface area contributed by atoms with Gasteiger partial charge in [-0.15, -0.1) is 0 Å². The molecule has 0 aliphatic heterocycles. The maximum Gasteiger partial charge on any atom is 0.264 e. The molecule has 0 unspecified atom stereocenters. The zero-order valence-corrected chi connectivity index (χ0v) is 21.3. The Morgan fingerprint density at radius 2 is 1.68 bits per heavy atom. The summed E-state index contributed by atoms with van der Waals surface area (Å²) in [6, 6.07) is 18.6. The van der Waals surface area contributed by atoms with E-state index in [1.165, 1.54) is 12.1 Å². The van der Waals surface area contributed by atoms with Gasteiger partial charge in [0.1, 0.15) is 12.3 Å². The number of nitrogens with zero attached hydrogens (tertiary/aromatic N) is 1. The molecule has 3 aromatic carbocycles. The van der Waals surface area contributed by atoms with Crippen LogP contribution in [0.4, 0.5) is 5.69 Å². The molecular formula is C26H29ClN2O4S. The van der Waals surface area contributed by atoms with Crippen LogP contribution in [-0.4, -0.2) is 28.0 Å². The standard InChI is InChI=1S/C26H29ClN2O4S/c1-5-25(20-9-12-22(33-4)13-10-20)28-26(30)17-29(21-11-8-19(3)24(27)16-21)34(31,32)23-14-6-18(2)7-15-23/h6-16,25H,5,17H2,1-4H3,(H,28,30)/t25-/m1/s1. The molecule has 34 heavy (non-hydrogen) atoms. The maximum atomic E-state index is 13.6. The van der Waals surface area contributed by atoms with E-state index >= 15 is 0 Å². The van der Waals surface area contributed by atoms with Gasteiger partial charge in [0.2, 0.25) is 5.91 Å². The van der Waals surface area contributed by atoms with Gasteiger partial charge in [-0.2, -0.15) is 0 Å². The molecule has 0 heterocycles. The van der Waals surface area contributed by atoms with E-state index in [9.17, 15) is 13.2 Å². The highest BCUT2D eigenvalue weighted by molar-refractivity contribution is 7.92. The summed E-state index contributed by atoms with van der Waals surface area (Å²) in [6.07, 6.45) is 0.638. The zero-order chi connectivity index (χ0) is 24.9. The first kappa shape index (κ1) is 25.6. The smallest absolute Gasteiger partial charge is 0.264 e. The van der Waals surface area contributed by atoms with Crippen LogP contribution in [0, 0.1) is 13.8 Å². The van der Waals surface area contributed by atoms with Crippen molar-refractivity contribution < 1.29 is 17.9 Å². The first-order chi connectivity index (χ1) is 16.1. The van der Waals surface area contributed by atoms with E-state index in [1.807, 2.05) is 45.0 Å². The van der Waals surface area contributed by atoms with Gasteiger partial charge in [0.25, 0.3) is 10.0 Å². The lowest BCUT2D eigenvalue weighted by molar-refractivity contribution is -0.120. The number of methoxy groups -OCH3 is 1. The van der Waals surface area contributed by atoms with Gasteiger partial charge in [-0.3, -0.25) is 9.10 Å². The molecule has 0 fully saturated rings. The summed E-state index contributed by atoms with van der Waals surface area (Å²) >= 11 is 6.29. The molecule has 3 rings (SSSR count). The third-order valence-electron chi connectivity index (χ3n) is 5.60. The van der Waals surface area contributed by atoms with Crippen molar-refractivity contribution >= 4 is 33.2 Å². The Morgan fingerprint density at radius 1 is 1.03 bits per heavy atom. The average Bonchev–Trinajstić information content (AvgIpc) is 2.83. The van der Waals surface area contributed by atoms with Crippen LogP contribution < -0.4 is 14.4 Å². The monoisotopic (exact) mass is 500 g/mol. The summed E-state index contributed by atoms with van der Waals surface area (Å²) in [5.41, 5.74) is 2.98. The molecule has 0 aliphatic rings. The van der Waals surface area contributed by atoms with Crippen molar-refractivity contribution in [2.75, 3.05) is 18.0 Å². The van der Waals surface area contributed by atoms with Gasteiger partial charge in [-0.05, 0) is 67.8 Å². The summed E-state index contributed by atoms with van der Waals surface area (Å²) in [5.74, 6) is 0.298. The van der Waals surface area contributed by atoms with Crippen LogP contribution in [0.2, 0.25) is 5.02 Å². The molecule has 1 N–H and O–H groups in total. The average molecular weight is 501 g/mol. The van der Waals surface area contributed by atoms with Gasteiger partial charge >= 0.3 is 0 Å². The highest BCUT2D eigenvalue weighted by Gasteiger charge is 2.28. The van der Waals surface area contributed by atoms with E-state index in [4.69, 9.17) is 16.3 Å². The molecule has 0 saturated carbocycles. The lowest BCUT2D eigenvalue weighted by Crippen LogP contribution is -2.42. The fourth-order valence-electron chi connectivity index (χ4n) is 3.52. The molecule has 1 atom stereocenters. The van der Waals surface area contributed by atoms with Gasteiger partial charge in [0, 0.05) is 5.02 Å². The molecule has 0 radical (unpaired) electrons. The van der Waals surface area contributed by atoms with Crippen molar-refractivity contribution in [1.29, 1.82) is 0 Å². The number of amides is 1. The Kier molecular flexibility index (Phi) is 8.23. The lowest BCUT2D eigenvalue weighted by atomic mass is 10.0. The first-order valence-corrected chi connectivity index (χ1v) is 12.8. The number of hydrogen-bond donors (Lipinski definition) is 1. The number of carbonyl (C=O) groups is 1. The van der Waals surface area contributed by atoms with Crippen LogP contribution in [0.15, 0.2) is 71.6 Å². The number of rotatable bonds is 9. The summed E-state index contributed by atoms with van der Waals surface area (Å²) in [5, 5.41) is 3.38. The Balaban J connectivity index is 1.91. The van der Waals surface area contributed by atoms with Crippen molar-refractivity contribution in [2.45, 2.75) is 38.1 Å². The predicted octanol–water partition coefficient (Wildman–Crippen LogP) is 5.43. The van der Waals surface area contributed by atoms with E-state index < -0.39 is 15.9 Å². The predicted molar refractivity (Wildman–Crippen MR) is 136 cm³/mol. The van der Waals surface area contributed by atoms with Crippen molar-refractivity contribution in [1.82, 2.24) is 5.32 Å². The SMILES string of the molecule is CC[C@@H](NC(=O)CN(c1ccc(C)c(Cl)c1)S(=O)(=O)c1ccc(C)cc1)c1ccc(OC)cc1. The van der Waals surface area contributed by atoms with Crippen LogP contribution in [0.5, 0.6) is 5.75 Å². The number of ether oxygens (including phenoxy) is 1. The number of anilines is 1. The van der Waals surface area contributed by atoms with Gasteiger partial charge in [-0.25, -0.2) is 8.42 Å². The van der Waals surface area contributed by atoms with E-state index in [-0.39, 0.29) is 17.5 Å². The molecule has 0 aromatic heterocycles. The zero-order valence-electron chi connectivity index (χ0n) is 19.7. The van der Waals surface area contributed by atoms with E-state index in [2.05, 4.69) is 5.32 Å². The van der Waals surface area contributed by atoms with Crippen LogP contribution in [0.3, 0.4) is 0 Å². The molecule has 0 bridgehead atoms. The van der Waals surface area contributed by atoms with Crippen molar-refractivity contribution in [3.63, 3.8) is 0 Å². The van der Waals surface area contributed by atoms with E-state index in [1.54, 1.807) is 37.4 Å². The molecule has 3 aromatic rings. The number of benzene rings is 3. The molecule has 8 heteroatoms. The molecule has 1 amide bonds. The van der Waals surface area contributed by atoms with Crippen LogP contribution in [0.1, 0.15) is 36.1 Å². The Bertz CT molecular complexity index is 1240. The van der Waals surface area contributed by atoms with Crippen molar-refractivity contribution in [3.8, 4) is 5.75 Å². The molecule has 0 spiro atoms. The second kappa shape index (κ2) is 10.9. The normalized spacial score (nSPS) is 12.1. The van der Waals surface area contributed by atoms with Crippen molar-refractivity contribution in [3.05, 3.63) is 88.4 Å². The molecule has 6 nitrogen and oxygen atoms in total. The highest BCUT2D eigenvalue weighted by atomic mass is 35.5. The topological polar surface area (TPSA) is 75.7 Å². The Hall–Kier alpha value is -3.03. The molecule has 0 saturated heterocycles. The minimum absolute atomic E-state index is 0.102. The fourth-order valence-corrected chi connectivity index (χ4v) is 5.10. The van der Waals surface area contributed by atoms with Gasteiger partial charge in [0.05, 0.1) is 23.7 Å². The fraction of sp³-hybridized carbons (Fsp3) is 0.269. The molecular weight excluding hydrogens is 472 g/mol. The second-order valence-corrected chi connectivity index (χ2v) is 10.3. The number of carbonyl (C=O) groups excluding carboxylic acids is 1. The third kappa shape index (κ3) is 5.90. The van der Waals surface area contributed by atoms with Gasteiger partial charge in [-0.1, -0.05) is 54.4 Å². The van der Waals surface area contributed by atoms with Gasteiger partial charge < -0.3 is 10.1 Å². The third-order valence-corrected chi connectivity index (χ3v) is 7.80. The maximum absolute atomic E-state index is 13.6. The Morgan fingerprint density at radius 3 is 2.24 bits per heavy atom. The minimum atomic E-state index is -4.01. The van der Waals surface area contributed by atoms with Crippen molar-refractivity contribution in [2.24, 2.45) is 0 Å². The summed E-state index contributed by atoms with van der Waals surface area (Å²) in [7, 11) is -2.42. The number of nitrogens with one attached hydrogen (secondary N) is 1. The number of halogens is 1. The van der Waals surface area contributed by atoms with Crippen LogP contribution in [0.25, 0.3) is 0 Å². The number of aryl methyl sites for hydroxylation is 2.